The van der Waals surface area contributed by atoms with Crippen LogP contribution in [-0.4, -0.2) is 33.1 Å². The molecule has 0 heterocycles. The number of halogens is 4. The zero-order valence-electron chi connectivity index (χ0n) is 13.3. The zero-order valence-corrected chi connectivity index (χ0v) is 16.4. The van der Waals surface area contributed by atoms with Crippen LogP contribution in [0.25, 0.3) is 0 Å². The normalized spacial score (nSPS) is 33.2. The van der Waals surface area contributed by atoms with E-state index in [1.165, 1.54) is 5.57 Å². The number of aliphatic hydroxyl groups is 1. The minimum Gasteiger partial charge on any atom is -0.392 e. The van der Waals surface area contributed by atoms with Crippen molar-refractivity contribution in [2.24, 2.45) is 16.3 Å². The minimum atomic E-state index is -0.547. The van der Waals surface area contributed by atoms with Gasteiger partial charge in [0.2, 0.25) is 0 Å². The molecule has 22 heavy (non-hydrogen) atoms. The van der Waals surface area contributed by atoms with Crippen LogP contribution in [-0.2, 0) is 0 Å². The number of aliphatic imine (C=N–C) groups is 1. The fourth-order valence-corrected chi connectivity index (χ4v) is 3.90. The van der Waals surface area contributed by atoms with Crippen LogP contribution in [0.4, 0.5) is 0 Å². The molecule has 1 rings (SSSR count). The van der Waals surface area contributed by atoms with Gasteiger partial charge in [-0.2, -0.15) is 0 Å². The highest BCUT2D eigenvalue weighted by atomic mass is 35.5. The summed E-state index contributed by atoms with van der Waals surface area (Å²) in [6.45, 7) is 6.67. The van der Waals surface area contributed by atoms with E-state index >= 15 is 0 Å². The third-order valence-corrected chi connectivity index (χ3v) is 5.99. The highest BCUT2D eigenvalue weighted by Gasteiger charge is 2.45. The molecule has 5 atom stereocenters. The van der Waals surface area contributed by atoms with Crippen LogP contribution in [0.3, 0.4) is 0 Å². The number of rotatable bonds is 6. The largest absolute Gasteiger partial charge is 0.392 e. The third-order valence-electron chi connectivity index (χ3n) is 4.44. The molecule has 0 spiro atoms. The van der Waals surface area contributed by atoms with Crippen LogP contribution in [0, 0.1) is 11.3 Å². The average Bonchev–Trinajstić information content (AvgIpc) is 2.41. The minimum absolute atomic E-state index is 0.0106. The molecular weight excluding hydrogens is 364 g/mol. The van der Waals surface area contributed by atoms with Crippen molar-refractivity contribution in [1.29, 1.82) is 0 Å². The molecule has 0 radical (unpaired) electrons. The van der Waals surface area contributed by atoms with E-state index < -0.39 is 6.10 Å². The van der Waals surface area contributed by atoms with Gasteiger partial charge in [0.05, 0.1) is 23.4 Å². The molecule has 6 heteroatoms. The molecule has 0 aliphatic heterocycles. The van der Waals surface area contributed by atoms with Crippen LogP contribution in [0.5, 0.6) is 0 Å². The molecule has 1 N–H and O–H groups in total. The van der Waals surface area contributed by atoms with E-state index in [2.05, 4.69) is 31.8 Å². The lowest BCUT2D eigenvalue weighted by atomic mass is 9.66. The van der Waals surface area contributed by atoms with E-state index in [9.17, 15) is 5.11 Å². The summed E-state index contributed by atoms with van der Waals surface area (Å²) in [4.78, 5) is 3.97. The van der Waals surface area contributed by atoms with Crippen LogP contribution in [0.15, 0.2) is 16.6 Å². The predicted octanol–water partition coefficient (Wildman–Crippen LogP) is 5.56. The van der Waals surface area contributed by atoms with E-state index in [-0.39, 0.29) is 26.7 Å². The van der Waals surface area contributed by atoms with Crippen molar-refractivity contribution < 1.29 is 5.11 Å². The molecule has 2 nitrogen and oxygen atoms in total. The van der Waals surface area contributed by atoms with E-state index in [4.69, 9.17) is 46.4 Å². The van der Waals surface area contributed by atoms with Gasteiger partial charge in [0.15, 0.2) is 4.63 Å². The van der Waals surface area contributed by atoms with Crippen molar-refractivity contribution in [3.8, 4) is 0 Å². The molecule has 1 fully saturated rings. The Labute approximate surface area is 153 Å². The molecule has 0 saturated heterocycles. The molecule has 1 saturated carbocycles. The molecular formula is C16H25Cl4NO. The number of aliphatic hydroxyl groups excluding tert-OH is 1. The second-order valence-corrected chi connectivity index (χ2v) is 8.68. The molecule has 1 aliphatic carbocycles. The Kier molecular flexibility index (Phi) is 8.54. The van der Waals surface area contributed by atoms with Gasteiger partial charge in [0, 0.05) is 0 Å². The topological polar surface area (TPSA) is 32.6 Å². The van der Waals surface area contributed by atoms with Crippen LogP contribution >= 0.6 is 46.4 Å². The predicted molar refractivity (Wildman–Crippen MR) is 98.8 cm³/mol. The Balaban J connectivity index is 2.75. The summed E-state index contributed by atoms with van der Waals surface area (Å²) in [5, 5.41) is 9.87. The second-order valence-electron chi connectivity index (χ2n) is 6.74. The Morgan fingerprint density at radius 2 is 2.05 bits per heavy atom. The fourth-order valence-electron chi connectivity index (χ4n) is 3.20. The van der Waals surface area contributed by atoms with Crippen molar-refractivity contribution in [2.45, 2.75) is 63.3 Å². The van der Waals surface area contributed by atoms with Gasteiger partial charge in [-0.1, -0.05) is 18.6 Å². The quantitative estimate of drug-likeness (QED) is 0.360. The lowest BCUT2D eigenvalue weighted by Crippen LogP contribution is -2.47. The van der Waals surface area contributed by atoms with E-state index in [0.29, 0.717) is 13.0 Å². The van der Waals surface area contributed by atoms with Crippen molar-refractivity contribution >= 4 is 51.0 Å². The summed E-state index contributed by atoms with van der Waals surface area (Å²) in [5.74, 6) is 0.153. The Bertz CT molecular complexity index is 418. The molecule has 2 unspecified atom stereocenters. The first-order chi connectivity index (χ1) is 10.2. The zero-order chi connectivity index (χ0) is 16.9. The standard InChI is InChI=1S/C16H25Cl4NO/c1-10(2)5-4-6-16(3)8-11(7-13(22)14(16)18)12(17)9-21-15(19)20/h5,11-14,22H,4,6-9H2,1-3H3/t11?,12?,13-,14+,16+/m0/s1. The van der Waals surface area contributed by atoms with Gasteiger partial charge in [-0.3, -0.25) is 4.99 Å². The van der Waals surface area contributed by atoms with Gasteiger partial charge in [-0.05, 0) is 74.1 Å². The van der Waals surface area contributed by atoms with Crippen molar-refractivity contribution in [3.63, 3.8) is 0 Å². The summed E-state index contributed by atoms with van der Waals surface area (Å²) in [7, 11) is 0. The number of hydrogen-bond acceptors (Lipinski definition) is 2. The van der Waals surface area contributed by atoms with Gasteiger partial charge in [0.1, 0.15) is 0 Å². The highest BCUT2D eigenvalue weighted by Crippen LogP contribution is 2.47. The van der Waals surface area contributed by atoms with Crippen molar-refractivity contribution in [1.82, 2.24) is 0 Å². The second kappa shape index (κ2) is 9.13. The molecule has 128 valence electrons. The maximum Gasteiger partial charge on any atom is 0.192 e. The van der Waals surface area contributed by atoms with Gasteiger partial charge in [-0.25, -0.2) is 0 Å². The SMILES string of the molecule is CC(C)=CCC[C@]1(C)CC(C(Cl)CN=C(Cl)Cl)C[C@H](O)[C@H]1Cl. The summed E-state index contributed by atoms with van der Waals surface area (Å²) in [5.41, 5.74) is 1.15. The average molecular weight is 389 g/mol. The molecule has 0 aromatic rings. The Hall–Kier alpha value is 0.530. The Morgan fingerprint density at radius 1 is 1.41 bits per heavy atom. The Morgan fingerprint density at radius 3 is 2.59 bits per heavy atom. The number of nitrogens with zero attached hydrogens (tertiary/aromatic N) is 1. The lowest BCUT2D eigenvalue weighted by molar-refractivity contribution is 0.0260. The van der Waals surface area contributed by atoms with E-state index in [1.807, 2.05) is 0 Å². The molecule has 0 aromatic carbocycles. The van der Waals surface area contributed by atoms with E-state index in [0.717, 1.165) is 19.3 Å². The van der Waals surface area contributed by atoms with Gasteiger partial charge in [0.25, 0.3) is 0 Å². The smallest absolute Gasteiger partial charge is 0.192 e. The number of hydrogen-bond donors (Lipinski definition) is 1. The maximum absolute atomic E-state index is 10.3. The molecule has 0 amide bonds. The summed E-state index contributed by atoms with van der Waals surface area (Å²) in [6.07, 6.45) is 5.02. The van der Waals surface area contributed by atoms with Crippen LogP contribution in [0.2, 0.25) is 0 Å². The van der Waals surface area contributed by atoms with Gasteiger partial charge >= 0.3 is 0 Å². The van der Waals surface area contributed by atoms with E-state index in [1.54, 1.807) is 0 Å². The lowest BCUT2D eigenvalue weighted by Gasteiger charge is -2.45. The van der Waals surface area contributed by atoms with Crippen molar-refractivity contribution in [3.05, 3.63) is 11.6 Å². The van der Waals surface area contributed by atoms with Crippen LogP contribution in [0.1, 0.15) is 46.5 Å². The summed E-state index contributed by atoms with van der Waals surface area (Å²) < 4.78 is -0.0106. The number of alkyl halides is 2. The first-order valence-corrected chi connectivity index (χ1v) is 9.23. The van der Waals surface area contributed by atoms with Gasteiger partial charge in [-0.15, -0.1) is 23.2 Å². The monoisotopic (exact) mass is 387 g/mol. The number of allylic oxidation sites excluding steroid dienone is 2. The van der Waals surface area contributed by atoms with Crippen LogP contribution < -0.4 is 0 Å². The fraction of sp³-hybridized carbons (Fsp3) is 0.812. The third kappa shape index (κ3) is 6.20. The molecule has 1 aliphatic rings. The van der Waals surface area contributed by atoms with Gasteiger partial charge < -0.3 is 5.11 Å². The molecule has 0 aromatic heterocycles. The highest BCUT2D eigenvalue weighted by molar-refractivity contribution is 6.95. The molecule has 0 bridgehead atoms. The maximum atomic E-state index is 10.3. The summed E-state index contributed by atoms with van der Waals surface area (Å²) >= 11 is 24.0. The summed E-state index contributed by atoms with van der Waals surface area (Å²) in [6, 6.07) is 0. The van der Waals surface area contributed by atoms with Crippen molar-refractivity contribution in [2.75, 3.05) is 6.54 Å². The first-order valence-electron chi connectivity index (χ1n) is 7.60. The first kappa shape index (κ1) is 20.6.